The molecule has 100 valence electrons. The first-order valence-electron chi connectivity index (χ1n) is 6.74. The molecule has 0 amide bonds. The largest absolute Gasteiger partial charge is 0.393 e. The second-order valence-corrected chi connectivity index (χ2v) is 5.47. The Morgan fingerprint density at radius 2 is 1.94 bits per heavy atom. The number of rotatable bonds is 6. The van der Waals surface area contributed by atoms with Crippen molar-refractivity contribution < 1.29 is 10.2 Å². The normalized spacial score (nSPS) is 24.9. The third kappa shape index (κ3) is 3.80. The van der Waals surface area contributed by atoms with E-state index in [4.69, 9.17) is 0 Å². The van der Waals surface area contributed by atoms with Gasteiger partial charge in [0.2, 0.25) is 0 Å². The van der Waals surface area contributed by atoms with Gasteiger partial charge < -0.3 is 15.1 Å². The van der Waals surface area contributed by atoms with Gasteiger partial charge in [0.25, 0.3) is 0 Å². The molecule has 1 aliphatic carbocycles. The molecule has 0 aliphatic heterocycles. The van der Waals surface area contributed by atoms with Crippen molar-refractivity contribution in [3.8, 4) is 0 Å². The first-order chi connectivity index (χ1) is 8.65. The van der Waals surface area contributed by atoms with Gasteiger partial charge in [-0.25, -0.2) is 0 Å². The quantitative estimate of drug-likeness (QED) is 0.808. The fourth-order valence-corrected chi connectivity index (χ4v) is 2.57. The highest BCUT2D eigenvalue weighted by atomic mass is 16.3. The summed E-state index contributed by atoms with van der Waals surface area (Å²) in [5.74, 6) is 0.638. The minimum absolute atomic E-state index is 0.0710. The number of aliphatic hydroxyl groups excluding tert-OH is 2. The van der Waals surface area contributed by atoms with Crippen LogP contribution >= 0.6 is 0 Å². The average Bonchev–Trinajstić information content (AvgIpc) is 2.35. The highest BCUT2D eigenvalue weighted by molar-refractivity contribution is 5.17. The molecule has 0 bridgehead atoms. The van der Waals surface area contributed by atoms with Crippen LogP contribution in [0.2, 0.25) is 0 Å². The van der Waals surface area contributed by atoms with Gasteiger partial charge in [0.1, 0.15) is 0 Å². The Morgan fingerprint density at radius 3 is 2.56 bits per heavy atom. The van der Waals surface area contributed by atoms with Crippen LogP contribution in [0.25, 0.3) is 0 Å². The molecule has 3 nitrogen and oxygen atoms in total. The highest BCUT2D eigenvalue weighted by Gasteiger charge is 2.27. The van der Waals surface area contributed by atoms with Gasteiger partial charge in [-0.1, -0.05) is 30.3 Å². The van der Waals surface area contributed by atoms with Crippen LogP contribution in [-0.2, 0) is 0 Å². The fourth-order valence-electron chi connectivity index (χ4n) is 2.57. The Labute approximate surface area is 109 Å². The summed E-state index contributed by atoms with van der Waals surface area (Å²) >= 11 is 0. The Morgan fingerprint density at radius 1 is 1.28 bits per heavy atom. The summed E-state index contributed by atoms with van der Waals surface area (Å²) in [7, 11) is 2.09. The topological polar surface area (TPSA) is 43.7 Å². The summed E-state index contributed by atoms with van der Waals surface area (Å²) in [6.45, 7) is 1.92. The van der Waals surface area contributed by atoms with E-state index in [1.54, 1.807) is 0 Å². The minimum atomic E-state index is -0.374. The molecule has 1 aromatic rings. The van der Waals surface area contributed by atoms with Crippen LogP contribution in [0.1, 0.15) is 30.9 Å². The predicted molar refractivity (Wildman–Crippen MR) is 72.2 cm³/mol. The maximum atomic E-state index is 10.1. The van der Waals surface area contributed by atoms with E-state index in [1.165, 1.54) is 0 Å². The fraction of sp³-hybridized carbons (Fsp3) is 0.600. The van der Waals surface area contributed by atoms with Crippen LogP contribution in [0.5, 0.6) is 0 Å². The van der Waals surface area contributed by atoms with E-state index in [0.29, 0.717) is 5.92 Å². The highest BCUT2D eigenvalue weighted by Crippen LogP contribution is 2.27. The SMILES string of the molecule is CN(CCC(O)c1ccccc1)CC1CC(O)C1. The molecule has 3 heteroatoms. The van der Waals surface area contributed by atoms with Gasteiger partial charge in [0, 0.05) is 13.1 Å². The minimum Gasteiger partial charge on any atom is -0.393 e. The Balaban J connectivity index is 1.68. The van der Waals surface area contributed by atoms with Gasteiger partial charge >= 0.3 is 0 Å². The van der Waals surface area contributed by atoms with E-state index >= 15 is 0 Å². The molecule has 18 heavy (non-hydrogen) atoms. The van der Waals surface area contributed by atoms with Crippen molar-refractivity contribution >= 4 is 0 Å². The van der Waals surface area contributed by atoms with Crippen molar-refractivity contribution in [1.82, 2.24) is 4.90 Å². The maximum Gasteiger partial charge on any atom is 0.0802 e. The second-order valence-electron chi connectivity index (χ2n) is 5.47. The maximum absolute atomic E-state index is 10.1. The first kappa shape index (κ1) is 13.5. The second kappa shape index (κ2) is 6.32. The number of nitrogens with zero attached hydrogens (tertiary/aromatic N) is 1. The monoisotopic (exact) mass is 249 g/mol. The zero-order chi connectivity index (χ0) is 13.0. The van der Waals surface area contributed by atoms with Gasteiger partial charge in [-0.15, -0.1) is 0 Å². The summed E-state index contributed by atoms with van der Waals surface area (Å²) < 4.78 is 0. The molecular weight excluding hydrogens is 226 g/mol. The zero-order valence-electron chi connectivity index (χ0n) is 11.0. The van der Waals surface area contributed by atoms with Gasteiger partial charge in [-0.3, -0.25) is 0 Å². The first-order valence-corrected chi connectivity index (χ1v) is 6.74. The van der Waals surface area contributed by atoms with Crippen molar-refractivity contribution in [2.45, 2.75) is 31.5 Å². The van der Waals surface area contributed by atoms with Crippen LogP contribution in [0, 0.1) is 5.92 Å². The van der Waals surface area contributed by atoms with Gasteiger partial charge in [0.05, 0.1) is 12.2 Å². The molecule has 1 saturated carbocycles. The molecule has 1 fully saturated rings. The third-order valence-electron chi connectivity index (χ3n) is 3.75. The third-order valence-corrected chi connectivity index (χ3v) is 3.75. The summed E-state index contributed by atoms with van der Waals surface area (Å²) in [5, 5.41) is 19.3. The molecule has 0 spiro atoms. The molecule has 0 aromatic heterocycles. The molecule has 1 aliphatic rings. The molecule has 2 rings (SSSR count). The lowest BCUT2D eigenvalue weighted by Gasteiger charge is -2.34. The van der Waals surface area contributed by atoms with E-state index < -0.39 is 0 Å². The number of benzene rings is 1. The van der Waals surface area contributed by atoms with E-state index in [2.05, 4.69) is 11.9 Å². The Bertz CT molecular complexity index is 349. The zero-order valence-corrected chi connectivity index (χ0v) is 11.0. The molecule has 1 aromatic carbocycles. The summed E-state index contributed by atoms with van der Waals surface area (Å²) in [5.41, 5.74) is 0.991. The van der Waals surface area contributed by atoms with E-state index in [9.17, 15) is 10.2 Å². The van der Waals surface area contributed by atoms with Gasteiger partial charge in [-0.2, -0.15) is 0 Å². The average molecular weight is 249 g/mol. The Kier molecular flexibility index (Phi) is 4.75. The smallest absolute Gasteiger partial charge is 0.0802 e. The lowest BCUT2D eigenvalue weighted by molar-refractivity contribution is 0.0262. The Hall–Kier alpha value is -0.900. The van der Waals surface area contributed by atoms with E-state index in [0.717, 1.165) is 37.9 Å². The standard InChI is InChI=1S/C15H23NO2/c1-16(11-12-9-14(17)10-12)8-7-15(18)13-5-3-2-4-6-13/h2-6,12,14-15,17-18H,7-11H2,1H3. The van der Waals surface area contributed by atoms with E-state index in [1.807, 2.05) is 30.3 Å². The molecular formula is C15H23NO2. The number of aliphatic hydroxyl groups is 2. The molecule has 0 heterocycles. The van der Waals surface area contributed by atoms with Crippen molar-refractivity contribution in [2.24, 2.45) is 5.92 Å². The molecule has 0 radical (unpaired) electrons. The van der Waals surface area contributed by atoms with Gasteiger partial charge in [-0.05, 0) is 37.8 Å². The van der Waals surface area contributed by atoms with Crippen molar-refractivity contribution in [3.63, 3.8) is 0 Å². The lowest BCUT2D eigenvalue weighted by atomic mass is 9.82. The van der Waals surface area contributed by atoms with Crippen molar-refractivity contribution in [3.05, 3.63) is 35.9 Å². The molecule has 0 saturated heterocycles. The van der Waals surface area contributed by atoms with Crippen molar-refractivity contribution in [2.75, 3.05) is 20.1 Å². The van der Waals surface area contributed by atoms with Crippen LogP contribution in [-0.4, -0.2) is 41.4 Å². The predicted octanol–water partition coefficient (Wildman–Crippen LogP) is 1.81. The summed E-state index contributed by atoms with van der Waals surface area (Å²) in [4.78, 5) is 2.25. The van der Waals surface area contributed by atoms with E-state index in [-0.39, 0.29) is 12.2 Å². The van der Waals surface area contributed by atoms with Crippen LogP contribution in [0.15, 0.2) is 30.3 Å². The number of hydrogen-bond donors (Lipinski definition) is 2. The molecule has 1 unspecified atom stereocenters. The van der Waals surface area contributed by atoms with Crippen molar-refractivity contribution in [1.29, 1.82) is 0 Å². The molecule has 2 N–H and O–H groups in total. The summed E-state index contributed by atoms with van der Waals surface area (Å²) in [6, 6.07) is 9.81. The van der Waals surface area contributed by atoms with Crippen LogP contribution in [0.4, 0.5) is 0 Å². The molecule has 1 atom stereocenters. The van der Waals surface area contributed by atoms with Gasteiger partial charge in [0.15, 0.2) is 0 Å². The van der Waals surface area contributed by atoms with Crippen LogP contribution in [0.3, 0.4) is 0 Å². The van der Waals surface area contributed by atoms with Crippen LogP contribution < -0.4 is 0 Å². The lowest BCUT2D eigenvalue weighted by Crippen LogP contribution is -2.37. The summed E-state index contributed by atoms with van der Waals surface area (Å²) in [6.07, 6.45) is 2.19. The number of hydrogen-bond acceptors (Lipinski definition) is 3.